The van der Waals surface area contributed by atoms with Gasteiger partial charge < -0.3 is 10.2 Å². The summed E-state index contributed by atoms with van der Waals surface area (Å²) in [6.07, 6.45) is 0. The van der Waals surface area contributed by atoms with Crippen molar-refractivity contribution in [2.75, 3.05) is 12.4 Å². The number of benzene rings is 2. The lowest BCUT2D eigenvalue weighted by Gasteiger charge is -2.19. The summed E-state index contributed by atoms with van der Waals surface area (Å²) in [7, 11) is 1.78. The second-order valence-electron chi connectivity index (χ2n) is 8.32. The molecule has 150 valence electrons. The number of carbonyl (C=O) groups excluding carboxylic acids is 1. The fourth-order valence-electron chi connectivity index (χ4n) is 3.04. The van der Waals surface area contributed by atoms with Crippen LogP contribution in [0.3, 0.4) is 0 Å². The Morgan fingerprint density at radius 2 is 1.66 bits per heavy atom. The van der Waals surface area contributed by atoms with E-state index in [9.17, 15) is 4.79 Å². The first kappa shape index (κ1) is 20.5. The predicted molar refractivity (Wildman–Crippen MR) is 117 cm³/mol. The first-order valence-corrected chi connectivity index (χ1v) is 9.75. The molecule has 1 amide bonds. The standard InChI is InChI=1S/C24H28N4O/c1-17-15-21(22(29)28(5)16-18-9-7-6-8-10-18)27-23(25-17)26-20-13-11-19(12-14-20)24(2,3)4/h6-15H,16H2,1-5H3,(H,25,26,27). The van der Waals surface area contributed by atoms with Gasteiger partial charge in [0.25, 0.3) is 5.91 Å². The van der Waals surface area contributed by atoms with Crippen LogP contribution in [0.15, 0.2) is 60.7 Å². The van der Waals surface area contributed by atoms with Crippen LogP contribution in [-0.2, 0) is 12.0 Å². The SMILES string of the molecule is Cc1cc(C(=O)N(C)Cc2ccccc2)nc(Nc2ccc(C(C)(C)C)cc2)n1. The van der Waals surface area contributed by atoms with Crippen molar-refractivity contribution >= 4 is 17.5 Å². The van der Waals surface area contributed by atoms with E-state index in [-0.39, 0.29) is 11.3 Å². The number of anilines is 2. The van der Waals surface area contributed by atoms with Crippen LogP contribution < -0.4 is 5.32 Å². The third kappa shape index (κ3) is 5.41. The first-order valence-electron chi connectivity index (χ1n) is 9.75. The Labute approximate surface area is 172 Å². The van der Waals surface area contributed by atoms with Gasteiger partial charge in [0.2, 0.25) is 5.95 Å². The molecule has 5 heteroatoms. The smallest absolute Gasteiger partial charge is 0.272 e. The zero-order valence-electron chi connectivity index (χ0n) is 17.7. The highest BCUT2D eigenvalue weighted by Gasteiger charge is 2.16. The van der Waals surface area contributed by atoms with E-state index >= 15 is 0 Å². The van der Waals surface area contributed by atoms with Gasteiger partial charge in [0.05, 0.1) is 0 Å². The first-order chi connectivity index (χ1) is 13.7. The average molecular weight is 389 g/mol. The summed E-state index contributed by atoms with van der Waals surface area (Å²) in [6, 6.07) is 19.8. The van der Waals surface area contributed by atoms with Crippen molar-refractivity contribution in [3.05, 3.63) is 83.2 Å². The van der Waals surface area contributed by atoms with E-state index < -0.39 is 0 Å². The molecule has 0 aliphatic rings. The Balaban J connectivity index is 1.76. The van der Waals surface area contributed by atoms with E-state index in [1.165, 1.54) is 5.56 Å². The van der Waals surface area contributed by atoms with Gasteiger partial charge in [0.15, 0.2) is 0 Å². The number of rotatable bonds is 5. The number of hydrogen-bond donors (Lipinski definition) is 1. The quantitative estimate of drug-likeness (QED) is 0.661. The summed E-state index contributed by atoms with van der Waals surface area (Å²) in [6.45, 7) is 8.94. The highest BCUT2D eigenvalue weighted by molar-refractivity contribution is 5.92. The zero-order valence-corrected chi connectivity index (χ0v) is 17.7. The molecule has 1 N–H and O–H groups in total. The number of carbonyl (C=O) groups is 1. The molecule has 2 aromatic carbocycles. The van der Waals surface area contributed by atoms with E-state index in [0.717, 1.165) is 16.9 Å². The Bertz CT molecular complexity index is 976. The molecule has 3 aromatic rings. The van der Waals surface area contributed by atoms with Gasteiger partial charge in [-0.3, -0.25) is 4.79 Å². The number of aromatic nitrogens is 2. The van der Waals surface area contributed by atoms with Gasteiger partial charge in [0, 0.05) is 25.0 Å². The molecule has 0 fully saturated rings. The van der Waals surface area contributed by atoms with Crippen molar-refractivity contribution < 1.29 is 4.79 Å². The van der Waals surface area contributed by atoms with Gasteiger partial charge >= 0.3 is 0 Å². The van der Waals surface area contributed by atoms with Crippen molar-refractivity contribution in [2.45, 2.75) is 39.7 Å². The van der Waals surface area contributed by atoms with E-state index in [1.54, 1.807) is 18.0 Å². The van der Waals surface area contributed by atoms with Gasteiger partial charge in [0.1, 0.15) is 5.69 Å². The molecule has 0 spiro atoms. The highest BCUT2D eigenvalue weighted by atomic mass is 16.2. The lowest BCUT2D eigenvalue weighted by atomic mass is 9.87. The van der Waals surface area contributed by atoms with Crippen molar-refractivity contribution in [1.82, 2.24) is 14.9 Å². The minimum atomic E-state index is -0.134. The molecule has 0 aliphatic carbocycles. The summed E-state index contributed by atoms with van der Waals surface area (Å²) >= 11 is 0. The summed E-state index contributed by atoms with van der Waals surface area (Å²) < 4.78 is 0. The Morgan fingerprint density at radius 3 is 2.28 bits per heavy atom. The molecule has 0 atom stereocenters. The second-order valence-corrected chi connectivity index (χ2v) is 8.32. The molecule has 0 saturated heterocycles. The van der Waals surface area contributed by atoms with E-state index in [1.807, 2.05) is 49.4 Å². The zero-order chi connectivity index (χ0) is 21.0. The maximum Gasteiger partial charge on any atom is 0.272 e. The summed E-state index contributed by atoms with van der Waals surface area (Å²) in [5.41, 5.74) is 4.44. The van der Waals surface area contributed by atoms with Crippen LogP contribution in [-0.4, -0.2) is 27.8 Å². The molecule has 3 rings (SSSR count). The molecule has 1 heterocycles. The molecule has 5 nitrogen and oxygen atoms in total. The fourth-order valence-corrected chi connectivity index (χ4v) is 3.04. The van der Waals surface area contributed by atoms with Crippen LogP contribution >= 0.6 is 0 Å². The van der Waals surface area contributed by atoms with Crippen molar-refractivity contribution in [3.8, 4) is 0 Å². The summed E-state index contributed by atoms with van der Waals surface area (Å²) in [5, 5.41) is 3.21. The number of nitrogens with zero attached hydrogens (tertiary/aromatic N) is 3. The highest BCUT2D eigenvalue weighted by Crippen LogP contribution is 2.24. The molecular weight excluding hydrogens is 360 g/mol. The topological polar surface area (TPSA) is 58.1 Å². The van der Waals surface area contributed by atoms with E-state index in [2.05, 4.69) is 48.2 Å². The van der Waals surface area contributed by atoms with Crippen LogP contribution in [0.4, 0.5) is 11.6 Å². The predicted octanol–water partition coefficient (Wildman–Crippen LogP) is 5.10. The van der Waals surface area contributed by atoms with Crippen LogP contribution in [0.25, 0.3) is 0 Å². The van der Waals surface area contributed by atoms with Crippen LogP contribution in [0, 0.1) is 6.92 Å². The lowest BCUT2D eigenvalue weighted by Crippen LogP contribution is -2.27. The van der Waals surface area contributed by atoms with Crippen LogP contribution in [0.5, 0.6) is 0 Å². The molecule has 0 aliphatic heterocycles. The summed E-state index contributed by atoms with van der Waals surface area (Å²) in [4.78, 5) is 23.4. The van der Waals surface area contributed by atoms with Gasteiger partial charge in [-0.15, -0.1) is 0 Å². The van der Waals surface area contributed by atoms with Crippen molar-refractivity contribution in [1.29, 1.82) is 0 Å². The number of aryl methyl sites for hydroxylation is 1. The normalized spacial score (nSPS) is 11.2. The van der Waals surface area contributed by atoms with Gasteiger partial charge in [-0.25, -0.2) is 9.97 Å². The van der Waals surface area contributed by atoms with Crippen LogP contribution in [0.2, 0.25) is 0 Å². The van der Waals surface area contributed by atoms with E-state index in [4.69, 9.17) is 0 Å². The summed E-state index contributed by atoms with van der Waals surface area (Å²) in [5.74, 6) is 0.287. The number of nitrogens with one attached hydrogen (secondary N) is 1. The largest absolute Gasteiger partial charge is 0.336 e. The average Bonchev–Trinajstić information content (AvgIpc) is 2.67. The van der Waals surface area contributed by atoms with Crippen molar-refractivity contribution in [2.24, 2.45) is 0 Å². The van der Waals surface area contributed by atoms with Gasteiger partial charge in [-0.05, 0) is 41.7 Å². The van der Waals surface area contributed by atoms with Gasteiger partial charge in [-0.2, -0.15) is 0 Å². The third-order valence-electron chi connectivity index (χ3n) is 4.69. The number of hydrogen-bond acceptors (Lipinski definition) is 4. The Hall–Kier alpha value is -3.21. The fraction of sp³-hybridized carbons (Fsp3) is 0.292. The van der Waals surface area contributed by atoms with E-state index in [0.29, 0.717) is 18.2 Å². The Morgan fingerprint density at radius 1 is 1.00 bits per heavy atom. The molecule has 1 aromatic heterocycles. The third-order valence-corrected chi connectivity index (χ3v) is 4.69. The maximum absolute atomic E-state index is 12.9. The minimum Gasteiger partial charge on any atom is -0.336 e. The molecule has 0 bridgehead atoms. The molecule has 0 unspecified atom stereocenters. The lowest BCUT2D eigenvalue weighted by molar-refractivity contribution is 0.0779. The molecule has 29 heavy (non-hydrogen) atoms. The number of amides is 1. The molecule has 0 saturated carbocycles. The monoisotopic (exact) mass is 388 g/mol. The van der Waals surface area contributed by atoms with Crippen LogP contribution in [0.1, 0.15) is 48.1 Å². The molecule has 0 radical (unpaired) electrons. The second kappa shape index (κ2) is 8.43. The maximum atomic E-state index is 12.9. The van der Waals surface area contributed by atoms with Crippen molar-refractivity contribution in [3.63, 3.8) is 0 Å². The minimum absolute atomic E-state index is 0.0985. The van der Waals surface area contributed by atoms with Gasteiger partial charge in [-0.1, -0.05) is 63.2 Å². The molecular formula is C24H28N4O. The Kier molecular flexibility index (Phi) is 5.97.